The van der Waals surface area contributed by atoms with Crippen molar-refractivity contribution in [3.8, 4) is 0 Å². The molecule has 110 heavy (non-hydrogen) atoms. The van der Waals surface area contributed by atoms with Crippen LogP contribution in [0, 0.1) is 0 Å². The van der Waals surface area contributed by atoms with Crippen LogP contribution < -0.4 is 22.1 Å². The van der Waals surface area contributed by atoms with E-state index in [1.54, 1.807) is 60.3 Å². The number of rotatable bonds is 28. The fraction of sp³-hybridized carbons (Fsp3) is 0.797. The number of nitrogens with one attached hydrogen (secondary N) is 2. The number of nitrogens with zero attached hydrogens (tertiary/aromatic N) is 16. The van der Waals surface area contributed by atoms with Gasteiger partial charge >= 0.3 is 40.7 Å². The zero-order valence-corrected chi connectivity index (χ0v) is 65.8. The molecule has 8 N–H and O–H groups in total. The molecule has 0 spiro atoms. The molecular formula is C69H118N20O19S2. The minimum absolute atomic E-state index is 0. The van der Waals surface area contributed by atoms with Gasteiger partial charge in [0.1, 0.15) is 41.0 Å². The predicted molar refractivity (Wildman–Crippen MR) is 398 cm³/mol. The van der Waals surface area contributed by atoms with E-state index in [-0.39, 0.29) is 68.6 Å². The maximum Gasteiger partial charge on any atom is 0.418 e. The lowest BCUT2D eigenvalue weighted by Gasteiger charge is -2.39. The van der Waals surface area contributed by atoms with Gasteiger partial charge in [-0.05, 0) is 158 Å². The van der Waals surface area contributed by atoms with Crippen LogP contribution in [-0.2, 0) is 55.1 Å². The van der Waals surface area contributed by atoms with Gasteiger partial charge in [0.2, 0.25) is 45.7 Å². The molecule has 9 heterocycles. The van der Waals surface area contributed by atoms with Gasteiger partial charge in [-0.1, -0.05) is 68.2 Å². The van der Waals surface area contributed by atoms with E-state index in [4.69, 9.17) is 38.7 Å². The number of hydrogen-bond donors (Lipinski definition) is 6. The summed E-state index contributed by atoms with van der Waals surface area (Å²) in [4.78, 5) is 78.2. The molecule has 3 aromatic heterocycles. The van der Waals surface area contributed by atoms with Crippen LogP contribution in [-0.4, -0.2) is 239 Å². The third kappa shape index (κ3) is 23.3. The van der Waals surface area contributed by atoms with Crippen LogP contribution >= 0.6 is 0 Å². The van der Waals surface area contributed by atoms with Crippen molar-refractivity contribution in [1.29, 1.82) is 0 Å². The van der Waals surface area contributed by atoms with E-state index in [0.717, 1.165) is 43.6 Å². The van der Waals surface area contributed by atoms with Gasteiger partial charge in [-0.25, -0.2) is 37.5 Å². The number of alkyl carbamates (subject to hydrolysis) is 2. The quantitative estimate of drug-likeness (QED) is 0.00985. The SMILES string of the molecule is C.C.CC(=NCC1(c2nnc([C@@H]3CC[C@@H]4CN3C(=O)N4O)o2)CC1)NC(=O)OC(C)(C)C.CC(=NCC1(c2nnc([C@@H]3CC[C@@H]4CN3C(=O)N4OS(=O)(=O)[O-])o2)CC1)NC(=O)OC(C)(C)C.CCCC[N+](CCCC)(CCCC)CCCC.NC(N)=NCC1(c2nnc([C@@H]3CC[C@@H]4CN3C(=O)N4OS(=O)(=O)O)o2)CC1. The van der Waals surface area contributed by atoms with Crippen LogP contribution in [0.1, 0.15) is 280 Å². The minimum Gasteiger partial charge on any atom is -0.724 e. The van der Waals surface area contributed by atoms with E-state index in [9.17, 15) is 50.6 Å². The summed E-state index contributed by atoms with van der Waals surface area (Å²) in [6, 6.07) is -4.39. The standard InChI is InChI=1S/C19H28N6O8S.C19H28N6O5.C16H36N.C13H19N7O6S.2CH4/c1-11(21-16(26)32-18(2,3)4)20-10-19(7-8-19)15-23-22-14(31-15)13-6-5-12-9-24(13)17(27)25(12)33-34(28,29)30;1-11(21-16(26)30-18(2,3)4)20-10-19(7-8-19)15-23-22-14(29-15)13-6-5-12-9-24(13)17(27)25(12)28;1-5-9-13-17(14-10-6-2,15-11-7-3)16-12-8-4;14-11(15)16-6-13(3-4-13)10-18-17-9(25-10)8-2-1-7-5-19(8)12(21)20(7)26-27(22,23)24;;/h12-13H,5-10H2,1-4H3,(H,20,21,26)(H,28,29,30);12-13,28H,5-10H2,1-4H3,(H,20,21,26);5-16H2,1-4H3;7-8H,1-6H2,(H4,14,15,16)(H,22,23,24);2*1H4/q;;+1;;;/p-1/t2*12-,13+;;7-,8+;;/m11.1../s1. The summed E-state index contributed by atoms with van der Waals surface area (Å²) in [5.74, 6) is 3.04. The van der Waals surface area contributed by atoms with Gasteiger partial charge < -0.3 is 57.9 Å². The molecule has 41 heteroatoms. The van der Waals surface area contributed by atoms with Crippen molar-refractivity contribution < 1.29 is 90.9 Å². The number of piperidine rings is 3. The second-order valence-electron chi connectivity index (χ2n) is 31.7. The zero-order valence-electron chi connectivity index (χ0n) is 64.1. The van der Waals surface area contributed by atoms with Crippen molar-refractivity contribution in [3.05, 3.63) is 35.3 Å². The molecule has 0 aromatic carbocycles. The van der Waals surface area contributed by atoms with Gasteiger partial charge in [-0.3, -0.25) is 35.4 Å². The topological polar surface area (TPSA) is 503 Å². The first-order valence-corrected chi connectivity index (χ1v) is 40.2. The Morgan fingerprint density at radius 2 is 0.864 bits per heavy atom. The Kier molecular flexibility index (Phi) is 29.8. The van der Waals surface area contributed by atoms with Gasteiger partial charge in [-0.2, -0.15) is 22.8 Å². The summed E-state index contributed by atoms with van der Waals surface area (Å²) in [6.07, 6.45) is 18.0. The van der Waals surface area contributed by atoms with Crippen LogP contribution in [0.5, 0.6) is 0 Å². The highest BCUT2D eigenvalue weighted by Gasteiger charge is 2.56. The average molecular weight is 1600 g/mol. The Morgan fingerprint density at radius 3 is 1.17 bits per heavy atom. The molecule has 3 saturated carbocycles. The highest BCUT2D eigenvalue weighted by Crippen LogP contribution is 2.52. The van der Waals surface area contributed by atoms with Crippen LogP contribution in [0.3, 0.4) is 0 Å². The average Bonchev–Trinajstić information content (AvgIpc) is 1.60. The van der Waals surface area contributed by atoms with Crippen LogP contribution in [0.15, 0.2) is 28.2 Å². The first-order chi connectivity index (χ1) is 50.8. The predicted octanol–water partition coefficient (Wildman–Crippen LogP) is 9.08. The number of carbonyl (C=O) groups excluding carboxylic acids is 5. The first-order valence-electron chi connectivity index (χ1n) is 37.5. The fourth-order valence-corrected chi connectivity index (χ4v) is 14.8. The molecule has 6 aliphatic heterocycles. The molecule has 0 radical (unpaired) electrons. The molecule has 620 valence electrons. The molecule has 39 nitrogen and oxygen atoms in total. The van der Waals surface area contributed by atoms with Crippen molar-refractivity contribution >= 4 is 68.7 Å². The number of quaternary nitrogens is 1. The number of amides is 8. The number of amidine groups is 2. The summed E-state index contributed by atoms with van der Waals surface area (Å²) < 4.78 is 102. The number of hydroxylamine groups is 6. The Hall–Kier alpha value is -7.96. The Balaban J connectivity index is 0.000000208. The number of fused-ring (bicyclic) bond motifs is 6. The second kappa shape index (κ2) is 36.7. The summed E-state index contributed by atoms with van der Waals surface area (Å²) in [6.45, 7) is 31.0. The summed E-state index contributed by atoms with van der Waals surface area (Å²) in [5, 5.41) is 42.0. The highest BCUT2D eigenvalue weighted by atomic mass is 32.3. The number of urea groups is 3. The van der Waals surface area contributed by atoms with Crippen molar-refractivity contribution in [2.75, 3.05) is 65.4 Å². The van der Waals surface area contributed by atoms with Crippen LogP contribution in [0.2, 0.25) is 0 Å². The lowest BCUT2D eigenvalue weighted by molar-refractivity contribution is -0.929. The van der Waals surface area contributed by atoms with Gasteiger partial charge in [0.25, 0.3) is 0 Å². The van der Waals surface area contributed by atoms with Crippen molar-refractivity contribution in [2.24, 2.45) is 26.4 Å². The number of carbonyl (C=O) groups is 5. The van der Waals surface area contributed by atoms with Gasteiger partial charge in [0, 0.05) is 19.6 Å². The van der Waals surface area contributed by atoms with Crippen molar-refractivity contribution in [3.63, 3.8) is 0 Å². The van der Waals surface area contributed by atoms with Gasteiger partial charge in [0.05, 0.1) is 80.2 Å². The number of aliphatic imine (C=N–C) groups is 3. The summed E-state index contributed by atoms with van der Waals surface area (Å²) in [7, 11) is -9.86. The maximum atomic E-state index is 12.6. The fourth-order valence-electron chi connectivity index (χ4n) is 14.0. The van der Waals surface area contributed by atoms with E-state index < -0.39 is 91.9 Å². The molecule has 6 bridgehead atoms. The smallest absolute Gasteiger partial charge is 0.418 e. The molecular weight excluding hydrogens is 1480 g/mol. The third-order valence-electron chi connectivity index (χ3n) is 20.5. The highest BCUT2D eigenvalue weighted by molar-refractivity contribution is 7.81. The molecule has 9 fully saturated rings. The summed E-state index contributed by atoms with van der Waals surface area (Å²) >= 11 is 0. The number of unbranched alkanes of at least 4 members (excludes halogenated alkanes) is 4. The Morgan fingerprint density at radius 1 is 0.545 bits per heavy atom. The maximum absolute atomic E-state index is 12.6. The van der Waals surface area contributed by atoms with Crippen LogP contribution in [0.4, 0.5) is 24.0 Å². The van der Waals surface area contributed by atoms with Gasteiger partial charge in [-0.15, -0.1) is 34.9 Å². The molecule has 9 aliphatic rings. The third-order valence-corrected chi connectivity index (χ3v) is 21.2. The van der Waals surface area contributed by atoms with E-state index in [1.807, 2.05) is 0 Å². The Labute approximate surface area is 645 Å². The lowest BCUT2D eigenvalue weighted by Crippen LogP contribution is -2.50. The number of nitrogens with two attached hydrogens (primary N) is 2. The van der Waals surface area contributed by atoms with E-state index in [1.165, 1.54) is 91.8 Å². The molecule has 8 amide bonds. The lowest BCUT2D eigenvalue weighted by atomic mass is 10.0. The summed E-state index contributed by atoms with van der Waals surface area (Å²) in [5.41, 5.74) is 8.41. The van der Waals surface area contributed by atoms with Crippen LogP contribution in [0.25, 0.3) is 0 Å². The normalized spacial score (nSPS) is 22.8. The number of ether oxygens (including phenoxy) is 2. The molecule has 6 atom stereocenters. The van der Waals surface area contributed by atoms with E-state index >= 15 is 0 Å². The van der Waals surface area contributed by atoms with Crippen molar-refractivity contribution in [1.82, 2.24) is 71.1 Å². The Bertz CT molecular complexity index is 3910. The van der Waals surface area contributed by atoms with Gasteiger partial charge in [0.15, 0.2) is 5.96 Å². The largest absolute Gasteiger partial charge is 0.724 e. The van der Waals surface area contributed by atoms with E-state index in [0.29, 0.717) is 110 Å². The van der Waals surface area contributed by atoms with E-state index in [2.05, 4.69) is 92.5 Å². The number of aromatic nitrogens is 6. The first kappa shape index (κ1) is 89.2. The number of guanidine groups is 1. The molecule has 3 aliphatic carbocycles. The van der Waals surface area contributed by atoms with Crippen molar-refractivity contribution in [2.45, 2.75) is 290 Å². The molecule has 6 saturated heterocycles. The monoisotopic (exact) mass is 1590 g/mol. The zero-order chi connectivity index (χ0) is 79.0. The second-order valence-corrected chi connectivity index (χ2v) is 33.6. The molecule has 3 aromatic rings. The number of hydrogen-bond acceptors (Lipinski definition) is 27. The molecule has 12 rings (SSSR count). The minimum atomic E-state index is -5.07. The molecule has 0 unspecified atom stereocenters.